The van der Waals surface area contributed by atoms with E-state index in [1.165, 1.54) is 0 Å². The molecule has 1 aromatic rings. The number of ether oxygens (including phenoxy) is 1. The molecule has 0 bridgehead atoms. The Labute approximate surface area is 143 Å². The summed E-state index contributed by atoms with van der Waals surface area (Å²) in [6, 6.07) is 7.66. The maximum atomic E-state index is 12.7. The fourth-order valence-corrected chi connectivity index (χ4v) is 2.50. The van der Waals surface area contributed by atoms with Gasteiger partial charge in [0.1, 0.15) is 5.41 Å². The Kier molecular flexibility index (Phi) is 6.20. The van der Waals surface area contributed by atoms with Gasteiger partial charge in [0.2, 0.25) is 11.8 Å². The molecule has 0 saturated carbocycles. The Morgan fingerprint density at radius 2 is 1.83 bits per heavy atom. The lowest BCUT2D eigenvalue weighted by molar-refractivity contribution is -0.138. The van der Waals surface area contributed by atoms with Gasteiger partial charge >= 0.3 is 0 Å². The molecule has 0 unspecified atom stereocenters. The second-order valence-electron chi connectivity index (χ2n) is 6.45. The molecule has 2 amide bonds. The number of benzene rings is 1. The fraction of sp³-hybridized carbons (Fsp3) is 0.556. The SMILES string of the molecule is CCCNC(=O)C(C)(C)C(=O)Nc1ccccc1N1CCOCC1. The van der Waals surface area contributed by atoms with Crippen LogP contribution in [0.2, 0.25) is 0 Å². The number of carbonyl (C=O) groups is 2. The van der Waals surface area contributed by atoms with E-state index in [9.17, 15) is 9.59 Å². The highest BCUT2D eigenvalue weighted by atomic mass is 16.5. The first-order chi connectivity index (χ1) is 11.5. The van der Waals surface area contributed by atoms with Crippen molar-refractivity contribution >= 4 is 23.2 Å². The molecule has 132 valence electrons. The van der Waals surface area contributed by atoms with E-state index in [0.717, 1.165) is 30.9 Å². The molecule has 1 saturated heterocycles. The second kappa shape index (κ2) is 8.15. The number of rotatable bonds is 6. The average Bonchev–Trinajstić information content (AvgIpc) is 2.60. The molecule has 0 aromatic heterocycles. The molecule has 1 aliphatic heterocycles. The summed E-state index contributed by atoms with van der Waals surface area (Å²) in [5.41, 5.74) is 0.549. The first-order valence-corrected chi connectivity index (χ1v) is 8.48. The Bertz CT molecular complexity index is 581. The van der Waals surface area contributed by atoms with E-state index in [1.807, 2.05) is 31.2 Å². The first-order valence-electron chi connectivity index (χ1n) is 8.48. The van der Waals surface area contributed by atoms with E-state index >= 15 is 0 Å². The van der Waals surface area contributed by atoms with E-state index in [0.29, 0.717) is 19.8 Å². The summed E-state index contributed by atoms with van der Waals surface area (Å²) in [5, 5.41) is 5.71. The van der Waals surface area contributed by atoms with Crippen molar-refractivity contribution in [2.24, 2.45) is 5.41 Å². The molecule has 2 rings (SSSR count). The number of nitrogens with zero attached hydrogens (tertiary/aromatic N) is 1. The van der Waals surface area contributed by atoms with Crippen LogP contribution in [-0.4, -0.2) is 44.7 Å². The van der Waals surface area contributed by atoms with E-state index < -0.39 is 5.41 Å². The molecule has 6 heteroatoms. The van der Waals surface area contributed by atoms with E-state index in [1.54, 1.807) is 13.8 Å². The first kappa shape index (κ1) is 18.3. The van der Waals surface area contributed by atoms with Gasteiger partial charge in [-0.15, -0.1) is 0 Å². The molecule has 24 heavy (non-hydrogen) atoms. The van der Waals surface area contributed by atoms with Crippen LogP contribution in [0.25, 0.3) is 0 Å². The zero-order valence-corrected chi connectivity index (χ0v) is 14.7. The number of nitrogens with one attached hydrogen (secondary N) is 2. The van der Waals surface area contributed by atoms with Crippen molar-refractivity contribution in [2.45, 2.75) is 27.2 Å². The Morgan fingerprint density at radius 3 is 2.50 bits per heavy atom. The minimum absolute atomic E-state index is 0.259. The monoisotopic (exact) mass is 333 g/mol. The number of hydrogen-bond acceptors (Lipinski definition) is 4. The zero-order chi connectivity index (χ0) is 17.6. The predicted octanol–water partition coefficient (Wildman–Crippen LogP) is 2.01. The van der Waals surface area contributed by atoms with Crippen LogP contribution in [0.15, 0.2) is 24.3 Å². The lowest BCUT2D eigenvalue weighted by Crippen LogP contribution is -2.45. The molecule has 2 N–H and O–H groups in total. The van der Waals surface area contributed by atoms with Gasteiger partial charge in [-0.05, 0) is 32.4 Å². The van der Waals surface area contributed by atoms with Gasteiger partial charge in [0.25, 0.3) is 0 Å². The summed E-state index contributed by atoms with van der Waals surface area (Å²) in [4.78, 5) is 27.1. The van der Waals surface area contributed by atoms with Crippen molar-refractivity contribution in [2.75, 3.05) is 43.1 Å². The van der Waals surface area contributed by atoms with Crippen molar-refractivity contribution < 1.29 is 14.3 Å². The number of hydrogen-bond donors (Lipinski definition) is 2. The maximum absolute atomic E-state index is 12.7. The average molecular weight is 333 g/mol. The number of amides is 2. The van der Waals surface area contributed by atoms with Gasteiger partial charge < -0.3 is 20.3 Å². The van der Waals surface area contributed by atoms with Crippen molar-refractivity contribution in [3.8, 4) is 0 Å². The highest BCUT2D eigenvalue weighted by Gasteiger charge is 2.36. The third-order valence-corrected chi connectivity index (χ3v) is 4.17. The molecule has 0 radical (unpaired) electrons. The van der Waals surface area contributed by atoms with E-state index in [4.69, 9.17) is 4.74 Å². The predicted molar refractivity (Wildman–Crippen MR) is 95.2 cm³/mol. The van der Waals surface area contributed by atoms with Crippen molar-refractivity contribution in [3.05, 3.63) is 24.3 Å². The molecule has 0 spiro atoms. The molecule has 6 nitrogen and oxygen atoms in total. The van der Waals surface area contributed by atoms with Gasteiger partial charge in [-0.2, -0.15) is 0 Å². The summed E-state index contributed by atoms with van der Waals surface area (Å²) >= 11 is 0. The molecule has 1 aliphatic rings. The normalized spacial score (nSPS) is 15.0. The summed E-state index contributed by atoms with van der Waals surface area (Å²) in [5.74, 6) is -0.567. The van der Waals surface area contributed by atoms with Gasteiger partial charge in [-0.1, -0.05) is 19.1 Å². The molecule has 1 aromatic carbocycles. The molecule has 1 fully saturated rings. The fourth-order valence-electron chi connectivity index (χ4n) is 2.50. The number of para-hydroxylation sites is 2. The van der Waals surface area contributed by atoms with Crippen LogP contribution >= 0.6 is 0 Å². The van der Waals surface area contributed by atoms with Gasteiger partial charge in [0, 0.05) is 19.6 Å². The Hall–Kier alpha value is -2.08. The Balaban J connectivity index is 2.12. The van der Waals surface area contributed by atoms with Crippen molar-refractivity contribution in [1.29, 1.82) is 0 Å². The summed E-state index contributed by atoms with van der Waals surface area (Å²) in [7, 11) is 0. The second-order valence-corrected chi connectivity index (χ2v) is 6.45. The van der Waals surface area contributed by atoms with Crippen LogP contribution in [0, 0.1) is 5.41 Å². The molecular formula is C18H27N3O3. The van der Waals surface area contributed by atoms with Gasteiger partial charge in [0.05, 0.1) is 24.6 Å². The number of carbonyl (C=O) groups excluding carboxylic acids is 2. The van der Waals surface area contributed by atoms with Crippen molar-refractivity contribution in [3.63, 3.8) is 0 Å². The topological polar surface area (TPSA) is 70.7 Å². The quantitative estimate of drug-likeness (QED) is 0.781. The number of anilines is 2. The Morgan fingerprint density at radius 1 is 1.17 bits per heavy atom. The van der Waals surface area contributed by atoms with Crippen molar-refractivity contribution in [1.82, 2.24) is 5.32 Å². The molecule has 0 atom stereocenters. The van der Waals surface area contributed by atoms with Crippen LogP contribution in [0.5, 0.6) is 0 Å². The van der Waals surface area contributed by atoms with Crippen LogP contribution in [0.1, 0.15) is 27.2 Å². The third-order valence-electron chi connectivity index (χ3n) is 4.17. The van der Waals surface area contributed by atoms with Gasteiger partial charge in [-0.3, -0.25) is 9.59 Å². The third kappa shape index (κ3) is 4.26. The lowest BCUT2D eigenvalue weighted by Gasteiger charge is -2.31. The minimum Gasteiger partial charge on any atom is -0.378 e. The standard InChI is InChI=1S/C18H27N3O3/c1-4-9-19-16(22)18(2,3)17(23)20-14-7-5-6-8-15(14)21-10-12-24-13-11-21/h5-8H,4,9-13H2,1-3H3,(H,19,22)(H,20,23). The largest absolute Gasteiger partial charge is 0.378 e. The summed E-state index contributed by atoms with van der Waals surface area (Å²) < 4.78 is 5.38. The minimum atomic E-state index is -1.13. The van der Waals surface area contributed by atoms with Crippen LogP contribution in [0.3, 0.4) is 0 Å². The van der Waals surface area contributed by atoms with Crippen LogP contribution in [0.4, 0.5) is 11.4 Å². The summed E-state index contributed by atoms with van der Waals surface area (Å²) in [6.45, 7) is 8.75. The van der Waals surface area contributed by atoms with Crippen LogP contribution < -0.4 is 15.5 Å². The molecule has 0 aliphatic carbocycles. The van der Waals surface area contributed by atoms with Crippen LogP contribution in [-0.2, 0) is 14.3 Å². The highest BCUT2D eigenvalue weighted by molar-refractivity contribution is 6.10. The summed E-state index contributed by atoms with van der Waals surface area (Å²) in [6.07, 6.45) is 0.837. The zero-order valence-electron chi connectivity index (χ0n) is 14.7. The molecule has 1 heterocycles. The van der Waals surface area contributed by atoms with E-state index in [-0.39, 0.29) is 11.8 Å². The lowest BCUT2D eigenvalue weighted by atomic mass is 9.91. The smallest absolute Gasteiger partial charge is 0.239 e. The highest BCUT2D eigenvalue weighted by Crippen LogP contribution is 2.28. The van der Waals surface area contributed by atoms with Gasteiger partial charge in [-0.25, -0.2) is 0 Å². The maximum Gasteiger partial charge on any atom is 0.239 e. The van der Waals surface area contributed by atoms with Gasteiger partial charge in [0.15, 0.2) is 0 Å². The van der Waals surface area contributed by atoms with E-state index in [2.05, 4.69) is 15.5 Å². The number of morpholine rings is 1. The molecular weight excluding hydrogens is 306 g/mol.